The van der Waals surface area contributed by atoms with Gasteiger partial charge in [-0.15, -0.1) is 0 Å². The highest BCUT2D eigenvalue weighted by Gasteiger charge is 2.37. The number of ether oxygens (including phenoxy) is 1. The molecule has 0 amide bonds. The van der Waals surface area contributed by atoms with E-state index >= 15 is 0 Å². The van der Waals surface area contributed by atoms with Crippen molar-refractivity contribution in [1.82, 2.24) is 4.98 Å². The Bertz CT molecular complexity index is 562. The summed E-state index contributed by atoms with van der Waals surface area (Å²) in [5.74, 6) is -0.565. The third kappa shape index (κ3) is 5.27. The molecular formula is C16H25NO4Si. The Morgan fingerprint density at radius 1 is 1.36 bits per heavy atom. The summed E-state index contributed by atoms with van der Waals surface area (Å²) in [5, 5.41) is 8.84. The number of pyridine rings is 1. The molecule has 5 nitrogen and oxygen atoms in total. The van der Waals surface area contributed by atoms with Crippen molar-refractivity contribution in [2.45, 2.75) is 45.5 Å². The van der Waals surface area contributed by atoms with E-state index in [4.69, 9.17) is 14.3 Å². The van der Waals surface area contributed by atoms with Crippen LogP contribution in [0.5, 0.6) is 5.88 Å². The Hall–Kier alpha value is -1.66. The number of aromatic nitrogens is 1. The first-order valence-corrected chi connectivity index (χ1v) is 10.1. The molecule has 0 radical (unpaired) electrons. The third-order valence-corrected chi connectivity index (χ3v) is 8.37. The zero-order valence-corrected chi connectivity index (χ0v) is 15.1. The molecule has 122 valence electrons. The van der Waals surface area contributed by atoms with Gasteiger partial charge >= 0.3 is 5.97 Å². The van der Waals surface area contributed by atoms with Gasteiger partial charge in [-0.3, -0.25) is 0 Å². The lowest BCUT2D eigenvalue weighted by Crippen LogP contribution is -2.40. The Morgan fingerprint density at radius 2 is 2.00 bits per heavy atom. The van der Waals surface area contributed by atoms with E-state index in [1.54, 1.807) is 0 Å². The fourth-order valence-corrected chi connectivity index (χ4v) is 2.45. The van der Waals surface area contributed by atoms with Gasteiger partial charge in [0.25, 0.3) is 0 Å². The van der Waals surface area contributed by atoms with E-state index in [-0.39, 0.29) is 5.04 Å². The minimum Gasteiger partial charge on any atom is -0.481 e. The number of carbonyl (C=O) groups is 1. The Kier molecular flexibility index (Phi) is 5.90. The predicted molar refractivity (Wildman–Crippen MR) is 89.4 cm³/mol. The maximum Gasteiger partial charge on any atom is 0.328 e. The smallest absolute Gasteiger partial charge is 0.328 e. The van der Waals surface area contributed by atoms with Crippen molar-refractivity contribution in [3.05, 3.63) is 29.5 Å². The number of hydrogen-bond donors (Lipinski definition) is 1. The molecule has 1 heterocycles. The van der Waals surface area contributed by atoms with Crippen LogP contribution in [0.2, 0.25) is 18.1 Å². The highest BCUT2D eigenvalue weighted by atomic mass is 28.4. The molecule has 0 spiro atoms. The minimum absolute atomic E-state index is 0.135. The summed E-state index contributed by atoms with van der Waals surface area (Å²) >= 11 is 0. The molecule has 0 aliphatic rings. The minimum atomic E-state index is -1.84. The summed E-state index contributed by atoms with van der Waals surface area (Å²) in [7, 11) is -0.309. The lowest BCUT2D eigenvalue weighted by molar-refractivity contribution is -0.131. The average Bonchev–Trinajstić information content (AvgIpc) is 2.41. The van der Waals surface area contributed by atoms with Crippen molar-refractivity contribution < 1.29 is 19.1 Å². The third-order valence-electron chi connectivity index (χ3n) is 3.89. The van der Waals surface area contributed by atoms with Gasteiger partial charge < -0.3 is 14.3 Å². The largest absolute Gasteiger partial charge is 0.481 e. The summed E-state index contributed by atoms with van der Waals surface area (Å²) in [4.78, 5) is 14.8. The van der Waals surface area contributed by atoms with Gasteiger partial charge in [-0.1, -0.05) is 20.8 Å². The average molecular weight is 323 g/mol. The topological polar surface area (TPSA) is 68.7 Å². The lowest BCUT2D eigenvalue weighted by atomic mass is 10.2. The van der Waals surface area contributed by atoms with Gasteiger partial charge in [0.2, 0.25) is 5.88 Å². The molecule has 0 unspecified atom stereocenters. The number of hydrogen-bond acceptors (Lipinski definition) is 4. The van der Waals surface area contributed by atoms with Gasteiger partial charge in [-0.05, 0) is 35.8 Å². The van der Waals surface area contributed by atoms with E-state index in [9.17, 15) is 4.79 Å². The zero-order chi connectivity index (χ0) is 17.0. The van der Waals surface area contributed by atoms with Crippen LogP contribution >= 0.6 is 0 Å². The zero-order valence-electron chi connectivity index (χ0n) is 14.1. The second kappa shape index (κ2) is 7.06. The van der Waals surface area contributed by atoms with Gasteiger partial charge in [0, 0.05) is 12.1 Å². The molecule has 6 heteroatoms. The summed E-state index contributed by atoms with van der Waals surface area (Å²) in [6.07, 6.45) is 2.50. The van der Waals surface area contributed by atoms with Crippen molar-refractivity contribution in [3.8, 4) is 5.88 Å². The number of nitrogens with zero attached hydrogens (tertiary/aromatic N) is 1. The number of aliphatic carboxylic acids is 1. The normalized spacial score (nSPS) is 12.6. The van der Waals surface area contributed by atoms with Crippen LogP contribution in [-0.2, 0) is 15.8 Å². The monoisotopic (exact) mass is 323 g/mol. The van der Waals surface area contributed by atoms with Crippen LogP contribution in [-0.4, -0.2) is 31.5 Å². The maximum absolute atomic E-state index is 10.6. The summed E-state index contributed by atoms with van der Waals surface area (Å²) in [5.41, 5.74) is 1.46. The maximum atomic E-state index is 10.6. The van der Waals surface area contributed by atoms with Crippen LogP contribution in [0, 0.1) is 0 Å². The number of carboxylic acids is 1. The molecule has 0 aliphatic heterocycles. The molecule has 0 atom stereocenters. The first-order chi connectivity index (χ1) is 10.0. The SMILES string of the molecule is COc1cc(CO[Si](C)(C)C(C)(C)C)cc(/C=C/C(=O)O)n1. The Balaban J connectivity index is 2.95. The molecular weight excluding hydrogens is 298 g/mol. The predicted octanol–water partition coefficient (Wildman–Crippen LogP) is 3.71. The van der Waals surface area contributed by atoms with E-state index < -0.39 is 14.3 Å². The summed E-state index contributed by atoms with van der Waals surface area (Å²) < 4.78 is 11.3. The van der Waals surface area contributed by atoms with Crippen LogP contribution in [0.25, 0.3) is 6.08 Å². The second-order valence-electron chi connectivity index (χ2n) is 6.66. The van der Waals surface area contributed by atoms with E-state index in [1.165, 1.54) is 13.2 Å². The number of carboxylic acid groups (broad SMARTS) is 1. The quantitative estimate of drug-likeness (QED) is 0.638. The van der Waals surface area contributed by atoms with Gasteiger partial charge in [0.1, 0.15) is 0 Å². The van der Waals surface area contributed by atoms with Gasteiger partial charge in [0.15, 0.2) is 8.32 Å². The molecule has 0 aromatic carbocycles. The number of methoxy groups -OCH3 is 1. The van der Waals surface area contributed by atoms with Crippen LogP contribution in [0.1, 0.15) is 32.0 Å². The van der Waals surface area contributed by atoms with E-state index in [0.717, 1.165) is 11.6 Å². The molecule has 1 aromatic rings. The van der Waals surface area contributed by atoms with E-state index in [2.05, 4.69) is 38.8 Å². The fraction of sp³-hybridized carbons (Fsp3) is 0.500. The van der Waals surface area contributed by atoms with Crippen molar-refractivity contribution in [2.24, 2.45) is 0 Å². The Morgan fingerprint density at radius 3 is 2.50 bits per heavy atom. The van der Waals surface area contributed by atoms with E-state index in [0.29, 0.717) is 18.2 Å². The van der Waals surface area contributed by atoms with Gasteiger partial charge in [-0.25, -0.2) is 9.78 Å². The highest BCUT2D eigenvalue weighted by Crippen LogP contribution is 2.37. The highest BCUT2D eigenvalue weighted by molar-refractivity contribution is 6.74. The van der Waals surface area contributed by atoms with Crippen LogP contribution in [0.4, 0.5) is 0 Å². The second-order valence-corrected chi connectivity index (χ2v) is 11.5. The van der Waals surface area contributed by atoms with Crippen molar-refractivity contribution in [3.63, 3.8) is 0 Å². The number of rotatable bonds is 6. The first-order valence-electron chi connectivity index (χ1n) is 7.15. The standard InChI is InChI=1S/C16H25NO4Si/c1-16(2,3)22(5,6)21-11-12-9-13(7-8-15(18)19)17-14(10-12)20-4/h7-10H,11H2,1-6H3,(H,18,19)/b8-7+. The van der Waals surface area contributed by atoms with Gasteiger partial charge in [-0.2, -0.15) is 0 Å². The van der Waals surface area contributed by atoms with Gasteiger partial charge in [0.05, 0.1) is 19.4 Å². The molecule has 1 N–H and O–H groups in total. The molecule has 0 saturated carbocycles. The summed E-state index contributed by atoms with van der Waals surface area (Å²) in [6, 6.07) is 3.63. The fourth-order valence-electron chi connectivity index (χ4n) is 1.49. The van der Waals surface area contributed by atoms with Crippen molar-refractivity contribution in [2.75, 3.05) is 7.11 Å². The molecule has 1 rings (SSSR count). The molecule has 22 heavy (non-hydrogen) atoms. The molecule has 0 saturated heterocycles. The van der Waals surface area contributed by atoms with E-state index in [1.807, 2.05) is 12.1 Å². The molecule has 0 aliphatic carbocycles. The molecule has 0 bridgehead atoms. The van der Waals surface area contributed by atoms with Crippen molar-refractivity contribution in [1.29, 1.82) is 0 Å². The first kappa shape index (κ1) is 18.4. The molecule has 0 fully saturated rings. The van der Waals surface area contributed by atoms with Crippen LogP contribution in [0.3, 0.4) is 0 Å². The Labute approximate surface area is 133 Å². The lowest BCUT2D eigenvalue weighted by Gasteiger charge is -2.36. The summed E-state index contributed by atoms with van der Waals surface area (Å²) in [6.45, 7) is 11.4. The molecule has 1 aromatic heterocycles. The van der Waals surface area contributed by atoms with Crippen LogP contribution < -0.4 is 4.74 Å². The van der Waals surface area contributed by atoms with Crippen LogP contribution in [0.15, 0.2) is 18.2 Å². The van der Waals surface area contributed by atoms with Crippen molar-refractivity contribution >= 4 is 20.4 Å².